The number of carbonyl (C=O) groups is 1. The van der Waals surface area contributed by atoms with Gasteiger partial charge < -0.3 is 24.4 Å². The lowest BCUT2D eigenvalue weighted by Crippen LogP contribution is -2.47. The number of para-hydroxylation sites is 2. The van der Waals surface area contributed by atoms with Crippen molar-refractivity contribution in [1.82, 2.24) is 15.2 Å². The SMILES string of the molecule is CCN(CC1COc2ccccc2O1)C(=O)NCc1ccnc(OC)c1. The van der Waals surface area contributed by atoms with E-state index in [9.17, 15) is 4.79 Å². The molecule has 2 aromatic rings. The highest BCUT2D eigenvalue weighted by Gasteiger charge is 2.24. The third-order valence-electron chi connectivity index (χ3n) is 4.11. The predicted molar refractivity (Wildman–Crippen MR) is 96.6 cm³/mol. The van der Waals surface area contributed by atoms with E-state index in [0.717, 1.165) is 11.3 Å². The molecule has 2 heterocycles. The highest BCUT2D eigenvalue weighted by Crippen LogP contribution is 2.31. The summed E-state index contributed by atoms with van der Waals surface area (Å²) in [4.78, 5) is 18.3. The number of ether oxygens (including phenoxy) is 3. The maximum atomic E-state index is 12.5. The minimum Gasteiger partial charge on any atom is -0.486 e. The van der Waals surface area contributed by atoms with E-state index in [1.54, 1.807) is 24.3 Å². The lowest BCUT2D eigenvalue weighted by molar-refractivity contribution is 0.0675. The number of nitrogens with one attached hydrogen (secondary N) is 1. The fraction of sp³-hybridized carbons (Fsp3) is 0.368. The van der Waals surface area contributed by atoms with Gasteiger partial charge in [0.15, 0.2) is 17.6 Å². The predicted octanol–water partition coefficient (Wildman–Crippen LogP) is 2.46. The second-order valence-corrected chi connectivity index (χ2v) is 5.90. The van der Waals surface area contributed by atoms with Gasteiger partial charge in [-0.05, 0) is 30.7 Å². The highest BCUT2D eigenvalue weighted by molar-refractivity contribution is 5.74. The number of rotatable bonds is 6. The molecule has 0 saturated carbocycles. The van der Waals surface area contributed by atoms with Crippen LogP contribution in [0.15, 0.2) is 42.6 Å². The number of pyridine rings is 1. The van der Waals surface area contributed by atoms with Gasteiger partial charge in [-0.15, -0.1) is 0 Å². The number of methoxy groups -OCH3 is 1. The zero-order valence-corrected chi connectivity index (χ0v) is 15.0. The number of carbonyl (C=O) groups excluding carboxylic acids is 1. The Labute approximate surface area is 152 Å². The Morgan fingerprint density at radius 1 is 1.35 bits per heavy atom. The van der Waals surface area contributed by atoms with Gasteiger partial charge in [0.05, 0.1) is 13.7 Å². The lowest BCUT2D eigenvalue weighted by atomic mass is 10.2. The third kappa shape index (κ3) is 4.36. The van der Waals surface area contributed by atoms with Gasteiger partial charge >= 0.3 is 6.03 Å². The maximum absolute atomic E-state index is 12.5. The molecular formula is C19H23N3O4. The van der Waals surface area contributed by atoms with Crippen molar-refractivity contribution in [2.45, 2.75) is 19.6 Å². The molecule has 0 bridgehead atoms. The van der Waals surface area contributed by atoms with Gasteiger partial charge in [0.1, 0.15) is 6.61 Å². The van der Waals surface area contributed by atoms with Crippen LogP contribution in [0, 0.1) is 0 Å². The van der Waals surface area contributed by atoms with Crippen molar-refractivity contribution < 1.29 is 19.0 Å². The number of hydrogen-bond donors (Lipinski definition) is 1. The zero-order valence-electron chi connectivity index (χ0n) is 15.0. The van der Waals surface area contributed by atoms with Gasteiger partial charge in [-0.1, -0.05) is 12.1 Å². The van der Waals surface area contributed by atoms with E-state index < -0.39 is 0 Å². The van der Waals surface area contributed by atoms with Crippen molar-refractivity contribution in [3.63, 3.8) is 0 Å². The van der Waals surface area contributed by atoms with Gasteiger partial charge in [0, 0.05) is 25.4 Å². The van der Waals surface area contributed by atoms with E-state index in [1.807, 2.05) is 37.3 Å². The molecule has 138 valence electrons. The molecule has 26 heavy (non-hydrogen) atoms. The van der Waals surface area contributed by atoms with E-state index in [0.29, 0.717) is 37.9 Å². The van der Waals surface area contributed by atoms with Gasteiger partial charge in [0.25, 0.3) is 0 Å². The number of amides is 2. The van der Waals surface area contributed by atoms with Crippen LogP contribution in [0.2, 0.25) is 0 Å². The first-order valence-corrected chi connectivity index (χ1v) is 8.59. The first-order chi connectivity index (χ1) is 12.7. The summed E-state index contributed by atoms with van der Waals surface area (Å²) in [6, 6.07) is 11.0. The number of fused-ring (bicyclic) bond motifs is 1. The van der Waals surface area contributed by atoms with Crippen LogP contribution in [0.4, 0.5) is 4.79 Å². The first kappa shape index (κ1) is 17.8. The first-order valence-electron chi connectivity index (χ1n) is 8.59. The van der Waals surface area contributed by atoms with Crippen molar-refractivity contribution in [3.8, 4) is 17.4 Å². The van der Waals surface area contributed by atoms with Crippen LogP contribution in [0.25, 0.3) is 0 Å². The number of aromatic nitrogens is 1. The Bertz CT molecular complexity index is 753. The van der Waals surface area contributed by atoms with Crippen LogP contribution in [0.1, 0.15) is 12.5 Å². The summed E-state index contributed by atoms with van der Waals surface area (Å²) in [5.41, 5.74) is 0.924. The van der Waals surface area contributed by atoms with Crippen molar-refractivity contribution in [2.24, 2.45) is 0 Å². The molecule has 1 unspecified atom stereocenters. The second kappa shape index (κ2) is 8.42. The Balaban J connectivity index is 1.54. The molecule has 7 nitrogen and oxygen atoms in total. The molecule has 0 radical (unpaired) electrons. The quantitative estimate of drug-likeness (QED) is 0.860. The average Bonchev–Trinajstić information content (AvgIpc) is 2.70. The Morgan fingerprint density at radius 2 is 2.15 bits per heavy atom. The number of urea groups is 1. The smallest absolute Gasteiger partial charge is 0.317 e. The molecule has 1 aromatic carbocycles. The second-order valence-electron chi connectivity index (χ2n) is 5.90. The summed E-state index contributed by atoms with van der Waals surface area (Å²) in [7, 11) is 1.56. The molecule has 1 aliphatic rings. The van der Waals surface area contributed by atoms with Crippen LogP contribution in [-0.2, 0) is 6.54 Å². The van der Waals surface area contributed by atoms with E-state index in [2.05, 4.69) is 10.3 Å². The number of hydrogen-bond acceptors (Lipinski definition) is 5. The standard InChI is InChI=1S/C19H23N3O4/c1-3-22(12-15-13-25-16-6-4-5-7-17(16)26-15)19(23)21-11-14-8-9-20-18(10-14)24-2/h4-10,15H,3,11-13H2,1-2H3,(H,21,23). The fourth-order valence-electron chi connectivity index (χ4n) is 2.72. The third-order valence-corrected chi connectivity index (χ3v) is 4.11. The molecule has 0 aliphatic carbocycles. The molecule has 7 heteroatoms. The van der Waals surface area contributed by atoms with Gasteiger partial charge in [-0.3, -0.25) is 0 Å². The molecule has 1 aromatic heterocycles. The van der Waals surface area contributed by atoms with Crippen LogP contribution in [-0.4, -0.2) is 48.8 Å². The summed E-state index contributed by atoms with van der Waals surface area (Å²) >= 11 is 0. The fourth-order valence-corrected chi connectivity index (χ4v) is 2.72. The molecule has 1 aliphatic heterocycles. The summed E-state index contributed by atoms with van der Waals surface area (Å²) in [6.07, 6.45) is 1.46. The maximum Gasteiger partial charge on any atom is 0.317 e. The molecule has 0 saturated heterocycles. The summed E-state index contributed by atoms with van der Waals surface area (Å²) in [5, 5.41) is 2.92. The van der Waals surface area contributed by atoms with Crippen molar-refractivity contribution >= 4 is 6.03 Å². The van der Waals surface area contributed by atoms with Crippen LogP contribution in [0.3, 0.4) is 0 Å². The molecule has 1 N–H and O–H groups in total. The topological polar surface area (TPSA) is 72.9 Å². The van der Waals surface area contributed by atoms with Crippen molar-refractivity contribution in [3.05, 3.63) is 48.2 Å². The Morgan fingerprint density at radius 3 is 2.92 bits per heavy atom. The highest BCUT2D eigenvalue weighted by atomic mass is 16.6. The van der Waals surface area contributed by atoms with Gasteiger partial charge in [-0.25, -0.2) is 9.78 Å². The normalized spacial score (nSPS) is 15.2. The van der Waals surface area contributed by atoms with Gasteiger partial charge in [-0.2, -0.15) is 0 Å². The van der Waals surface area contributed by atoms with Crippen LogP contribution < -0.4 is 19.5 Å². The minimum atomic E-state index is -0.198. The molecule has 3 rings (SSSR count). The number of benzene rings is 1. The van der Waals surface area contributed by atoms with E-state index in [4.69, 9.17) is 14.2 Å². The molecule has 0 fully saturated rings. The zero-order chi connectivity index (χ0) is 18.4. The number of nitrogens with zero attached hydrogens (tertiary/aromatic N) is 2. The summed E-state index contributed by atoms with van der Waals surface area (Å²) < 4.78 is 16.7. The van der Waals surface area contributed by atoms with Crippen LogP contribution >= 0.6 is 0 Å². The molecule has 1 atom stereocenters. The van der Waals surface area contributed by atoms with Crippen molar-refractivity contribution in [1.29, 1.82) is 0 Å². The molecule has 0 spiro atoms. The summed E-state index contributed by atoms with van der Waals surface area (Å²) in [6.45, 7) is 3.79. The van der Waals surface area contributed by atoms with E-state index in [-0.39, 0.29) is 12.1 Å². The lowest BCUT2D eigenvalue weighted by Gasteiger charge is -2.31. The monoisotopic (exact) mass is 357 g/mol. The van der Waals surface area contributed by atoms with E-state index >= 15 is 0 Å². The van der Waals surface area contributed by atoms with Gasteiger partial charge in [0.2, 0.25) is 5.88 Å². The molecular weight excluding hydrogens is 334 g/mol. The minimum absolute atomic E-state index is 0.147. The average molecular weight is 357 g/mol. The summed E-state index contributed by atoms with van der Waals surface area (Å²) in [5.74, 6) is 1.97. The Kier molecular flexibility index (Phi) is 5.78. The van der Waals surface area contributed by atoms with E-state index in [1.165, 1.54) is 0 Å². The molecule has 2 amide bonds. The van der Waals surface area contributed by atoms with Crippen molar-refractivity contribution in [2.75, 3.05) is 26.8 Å². The van der Waals surface area contributed by atoms with Crippen LogP contribution in [0.5, 0.6) is 17.4 Å². The Hall–Kier alpha value is -2.96. The number of likely N-dealkylation sites (N-methyl/N-ethyl adjacent to an activating group) is 1. The largest absolute Gasteiger partial charge is 0.486 e.